The molecule has 0 spiro atoms. The lowest BCUT2D eigenvalue weighted by Crippen LogP contribution is -2.45. The van der Waals surface area contributed by atoms with E-state index in [-0.39, 0.29) is 0 Å². The van der Waals surface area contributed by atoms with E-state index in [2.05, 4.69) is 16.0 Å². The number of hydrogen-bond acceptors (Lipinski definition) is 4. The molecule has 0 fully saturated rings. The molecule has 0 aliphatic heterocycles. The Labute approximate surface area is 147 Å². The standard InChI is InChI=1S/C19H23N3O3/c1-3-25-17-12-8-7-11-16(17)21-14(2)18(23)22-19(24)20-13-15-9-5-4-6-10-15/h4-12,14,21H,3,13H2,1-2H3,(H2,20,22,23,24). The van der Waals surface area contributed by atoms with Crippen LogP contribution in [-0.2, 0) is 11.3 Å². The van der Waals surface area contributed by atoms with Crippen LogP contribution in [0.15, 0.2) is 54.6 Å². The van der Waals surface area contributed by atoms with Gasteiger partial charge < -0.3 is 15.4 Å². The van der Waals surface area contributed by atoms with Crippen LogP contribution < -0.4 is 20.7 Å². The number of urea groups is 1. The third-order valence-electron chi connectivity index (χ3n) is 3.48. The molecule has 0 saturated carbocycles. The molecule has 0 saturated heterocycles. The monoisotopic (exact) mass is 341 g/mol. The van der Waals surface area contributed by atoms with Crippen molar-refractivity contribution in [1.82, 2.24) is 10.6 Å². The first kappa shape index (κ1) is 18.3. The van der Waals surface area contributed by atoms with Gasteiger partial charge in [0.2, 0.25) is 5.91 Å². The van der Waals surface area contributed by atoms with E-state index in [1.807, 2.05) is 61.5 Å². The zero-order valence-corrected chi connectivity index (χ0v) is 14.4. The van der Waals surface area contributed by atoms with Gasteiger partial charge in [0.25, 0.3) is 0 Å². The Balaban J connectivity index is 1.84. The minimum absolute atomic E-state index is 0.356. The van der Waals surface area contributed by atoms with Crippen molar-refractivity contribution < 1.29 is 14.3 Å². The maximum Gasteiger partial charge on any atom is 0.321 e. The van der Waals surface area contributed by atoms with Gasteiger partial charge in [0.05, 0.1) is 12.3 Å². The molecule has 2 aromatic carbocycles. The number of carbonyl (C=O) groups excluding carboxylic acids is 2. The maximum atomic E-state index is 12.2. The second kappa shape index (κ2) is 9.32. The van der Waals surface area contributed by atoms with Crippen LogP contribution in [0.4, 0.5) is 10.5 Å². The number of para-hydroxylation sites is 2. The molecule has 6 nitrogen and oxygen atoms in total. The van der Waals surface area contributed by atoms with Crippen molar-refractivity contribution >= 4 is 17.6 Å². The van der Waals surface area contributed by atoms with Crippen LogP contribution in [0.25, 0.3) is 0 Å². The van der Waals surface area contributed by atoms with Crippen molar-refractivity contribution in [2.24, 2.45) is 0 Å². The lowest BCUT2D eigenvalue weighted by molar-refractivity contribution is -0.120. The fraction of sp³-hybridized carbons (Fsp3) is 0.263. The van der Waals surface area contributed by atoms with Gasteiger partial charge in [-0.1, -0.05) is 42.5 Å². The number of amides is 3. The van der Waals surface area contributed by atoms with Gasteiger partial charge in [0.1, 0.15) is 11.8 Å². The molecule has 3 N–H and O–H groups in total. The highest BCUT2D eigenvalue weighted by atomic mass is 16.5. The summed E-state index contributed by atoms with van der Waals surface area (Å²) in [5.74, 6) is 0.245. The highest BCUT2D eigenvalue weighted by Gasteiger charge is 2.17. The lowest BCUT2D eigenvalue weighted by Gasteiger charge is -2.17. The molecule has 2 aromatic rings. The summed E-state index contributed by atoms with van der Waals surface area (Å²) < 4.78 is 5.51. The van der Waals surface area contributed by atoms with Crippen molar-refractivity contribution in [1.29, 1.82) is 0 Å². The molecule has 1 unspecified atom stereocenters. The predicted octanol–water partition coefficient (Wildman–Crippen LogP) is 2.91. The van der Waals surface area contributed by atoms with Crippen molar-refractivity contribution in [2.75, 3.05) is 11.9 Å². The van der Waals surface area contributed by atoms with E-state index in [9.17, 15) is 9.59 Å². The van der Waals surface area contributed by atoms with E-state index in [0.717, 1.165) is 5.56 Å². The number of nitrogens with one attached hydrogen (secondary N) is 3. The Bertz CT molecular complexity index is 704. The fourth-order valence-corrected chi connectivity index (χ4v) is 2.21. The van der Waals surface area contributed by atoms with Crippen LogP contribution in [0.2, 0.25) is 0 Å². The Morgan fingerprint density at radius 3 is 2.44 bits per heavy atom. The molecule has 0 aliphatic carbocycles. The first-order chi connectivity index (χ1) is 12.1. The Hall–Kier alpha value is -3.02. The number of hydrogen-bond donors (Lipinski definition) is 3. The molecule has 25 heavy (non-hydrogen) atoms. The van der Waals surface area contributed by atoms with Crippen LogP contribution in [0.1, 0.15) is 19.4 Å². The van der Waals surface area contributed by atoms with Crippen molar-refractivity contribution in [3.63, 3.8) is 0 Å². The van der Waals surface area contributed by atoms with Crippen LogP contribution in [-0.4, -0.2) is 24.6 Å². The summed E-state index contributed by atoms with van der Waals surface area (Å²) in [5.41, 5.74) is 1.67. The Morgan fingerprint density at radius 2 is 1.72 bits per heavy atom. The molecule has 0 radical (unpaired) electrons. The van der Waals surface area contributed by atoms with E-state index in [1.165, 1.54) is 0 Å². The van der Waals surface area contributed by atoms with Gasteiger partial charge in [-0.2, -0.15) is 0 Å². The van der Waals surface area contributed by atoms with Gasteiger partial charge in [-0.25, -0.2) is 4.79 Å². The molecular formula is C19H23N3O3. The summed E-state index contributed by atoms with van der Waals surface area (Å²) in [4.78, 5) is 24.0. The summed E-state index contributed by atoms with van der Waals surface area (Å²) in [6.45, 7) is 4.46. The van der Waals surface area contributed by atoms with Crippen LogP contribution in [0.3, 0.4) is 0 Å². The summed E-state index contributed by atoms with van der Waals surface area (Å²) in [5, 5.41) is 8.04. The summed E-state index contributed by atoms with van der Waals surface area (Å²) in [7, 11) is 0. The number of ether oxygens (including phenoxy) is 1. The number of imide groups is 1. The molecule has 0 bridgehead atoms. The third-order valence-corrected chi connectivity index (χ3v) is 3.48. The third kappa shape index (κ3) is 5.84. The number of anilines is 1. The van der Waals surface area contributed by atoms with Gasteiger partial charge in [-0.05, 0) is 31.5 Å². The van der Waals surface area contributed by atoms with Gasteiger partial charge in [0, 0.05) is 6.54 Å². The Morgan fingerprint density at radius 1 is 1.04 bits per heavy atom. The molecular weight excluding hydrogens is 318 g/mol. The smallest absolute Gasteiger partial charge is 0.321 e. The fourth-order valence-electron chi connectivity index (χ4n) is 2.21. The van der Waals surface area contributed by atoms with Crippen LogP contribution in [0.5, 0.6) is 5.75 Å². The molecule has 1 atom stereocenters. The second-order valence-electron chi connectivity index (χ2n) is 5.45. The number of benzene rings is 2. The molecule has 0 aliphatic rings. The molecule has 3 amide bonds. The van der Waals surface area contributed by atoms with Gasteiger partial charge >= 0.3 is 6.03 Å². The van der Waals surface area contributed by atoms with E-state index in [0.29, 0.717) is 24.6 Å². The molecule has 0 aromatic heterocycles. The van der Waals surface area contributed by atoms with Gasteiger partial charge in [0.15, 0.2) is 0 Å². The van der Waals surface area contributed by atoms with Crippen LogP contribution >= 0.6 is 0 Å². The SMILES string of the molecule is CCOc1ccccc1NC(C)C(=O)NC(=O)NCc1ccccc1. The van der Waals surface area contributed by atoms with Gasteiger partial charge in [-0.15, -0.1) is 0 Å². The minimum atomic E-state index is -0.593. The molecule has 0 heterocycles. The van der Waals surface area contributed by atoms with E-state index < -0.39 is 18.0 Å². The van der Waals surface area contributed by atoms with Crippen LogP contribution in [0, 0.1) is 0 Å². The van der Waals surface area contributed by atoms with E-state index in [4.69, 9.17) is 4.74 Å². The highest BCUT2D eigenvalue weighted by Crippen LogP contribution is 2.24. The van der Waals surface area contributed by atoms with Gasteiger partial charge in [-0.3, -0.25) is 10.1 Å². The van der Waals surface area contributed by atoms with Crippen molar-refractivity contribution in [3.8, 4) is 5.75 Å². The maximum absolute atomic E-state index is 12.2. The highest BCUT2D eigenvalue weighted by molar-refractivity contribution is 5.98. The lowest BCUT2D eigenvalue weighted by atomic mass is 10.2. The summed E-state index contributed by atoms with van der Waals surface area (Å²) in [6, 6.07) is 15.7. The first-order valence-electron chi connectivity index (χ1n) is 8.21. The second-order valence-corrected chi connectivity index (χ2v) is 5.45. The minimum Gasteiger partial charge on any atom is -0.492 e. The van der Waals surface area contributed by atoms with E-state index >= 15 is 0 Å². The van der Waals surface area contributed by atoms with Crippen molar-refractivity contribution in [3.05, 3.63) is 60.2 Å². The average Bonchev–Trinajstić information content (AvgIpc) is 2.62. The normalized spacial score (nSPS) is 11.3. The molecule has 132 valence electrons. The predicted molar refractivity (Wildman–Crippen MR) is 97.5 cm³/mol. The van der Waals surface area contributed by atoms with E-state index in [1.54, 1.807) is 6.92 Å². The summed E-state index contributed by atoms with van der Waals surface area (Å²) in [6.07, 6.45) is 0. The molecule has 6 heteroatoms. The summed E-state index contributed by atoms with van der Waals surface area (Å²) >= 11 is 0. The topological polar surface area (TPSA) is 79.5 Å². The average molecular weight is 341 g/mol. The number of rotatable bonds is 7. The number of carbonyl (C=O) groups is 2. The largest absolute Gasteiger partial charge is 0.492 e. The zero-order valence-electron chi connectivity index (χ0n) is 14.4. The first-order valence-corrected chi connectivity index (χ1v) is 8.21. The Kier molecular flexibility index (Phi) is 6.83. The van der Waals surface area contributed by atoms with Crippen molar-refractivity contribution in [2.45, 2.75) is 26.4 Å². The zero-order chi connectivity index (χ0) is 18.1. The molecule has 2 rings (SSSR count). The quantitative estimate of drug-likeness (QED) is 0.723.